The van der Waals surface area contributed by atoms with Crippen LogP contribution in [0.15, 0.2) is 84.0 Å². The maximum atomic E-state index is 10.7. The second-order valence-corrected chi connectivity index (χ2v) is 7.57. The maximum Gasteiger partial charge on any atom is 0.133 e. The number of allylic oxidation sites excluding steroid dienone is 1. The lowest BCUT2D eigenvalue weighted by atomic mass is 10.1. The van der Waals surface area contributed by atoms with Crippen LogP contribution in [0.2, 0.25) is 0 Å². The molecule has 0 amide bonds. The number of ether oxygens (including phenoxy) is 1. The van der Waals surface area contributed by atoms with Crippen molar-refractivity contribution in [1.82, 2.24) is 4.98 Å². The third-order valence-corrected chi connectivity index (χ3v) is 5.30. The number of aromatic amines is 1. The van der Waals surface area contributed by atoms with Gasteiger partial charge in [0.15, 0.2) is 0 Å². The Labute approximate surface area is 204 Å². The number of carbonyl (C=O) groups is 1. The smallest absolute Gasteiger partial charge is 0.133 e. The third kappa shape index (κ3) is 6.66. The van der Waals surface area contributed by atoms with Gasteiger partial charge in [0.25, 0.3) is 0 Å². The first-order valence-corrected chi connectivity index (χ1v) is 11.1. The van der Waals surface area contributed by atoms with Crippen molar-refractivity contribution in [3.05, 3.63) is 101 Å². The minimum absolute atomic E-state index is 0.124. The number of hydrogen-bond acceptors (Lipinski definition) is 6. The normalized spacial score (nSPS) is 11.3. The Morgan fingerprint density at radius 3 is 2.66 bits per heavy atom. The molecule has 0 unspecified atom stereocenters. The van der Waals surface area contributed by atoms with Crippen molar-refractivity contribution < 1.29 is 19.7 Å². The Balaban J connectivity index is 0.00000167. The molecule has 1 heterocycles. The molecule has 5 N–H and O–H groups in total. The number of fused-ring (bicyclic) bond motifs is 1. The van der Waals surface area contributed by atoms with Crippen molar-refractivity contribution in [3.8, 4) is 11.5 Å². The summed E-state index contributed by atoms with van der Waals surface area (Å²) in [7, 11) is 1.00. The standard InChI is InChI=1S/C27H25N3O3.CH4O/c28-25(10-12-29-17-20-4-1-3-19(15-20)11-14-31)21-5-2-6-22(16-21)33-27-8-7-26-23(9-13-30-26)24(27)18-32;1-2/h1-10,12-16,30,32H,11,17-18,28H2;2H,1H3/b25-10-,29-12?;. The van der Waals surface area contributed by atoms with Gasteiger partial charge in [-0.05, 0) is 47.5 Å². The minimum atomic E-state index is -0.124. The van der Waals surface area contributed by atoms with E-state index < -0.39 is 0 Å². The average Bonchev–Trinajstić information content (AvgIpc) is 3.37. The molecule has 1 aromatic heterocycles. The lowest BCUT2D eigenvalue weighted by Crippen LogP contribution is -1.98. The summed E-state index contributed by atoms with van der Waals surface area (Å²) in [5.74, 6) is 1.22. The summed E-state index contributed by atoms with van der Waals surface area (Å²) in [6, 6.07) is 21.0. The highest BCUT2D eigenvalue weighted by molar-refractivity contribution is 5.85. The van der Waals surface area contributed by atoms with Crippen LogP contribution in [0.3, 0.4) is 0 Å². The Bertz CT molecular complexity index is 1320. The molecule has 3 aromatic carbocycles. The number of benzene rings is 3. The number of rotatable bonds is 9. The van der Waals surface area contributed by atoms with Crippen LogP contribution in [-0.2, 0) is 24.4 Å². The van der Waals surface area contributed by atoms with E-state index in [4.69, 9.17) is 15.6 Å². The van der Waals surface area contributed by atoms with E-state index in [0.29, 0.717) is 30.2 Å². The summed E-state index contributed by atoms with van der Waals surface area (Å²) in [4.78, 5) is 18.2. The van der Waals surface area contributed by atoms with Crippen LogP contribution in [0.5, 0.6) is 11.5 Å². The summed E-state index contributed by atoms with van der Waals surface area (Å²) in [6.45, 7) is 0.381. The molecule has 0 aliphatic carbocycles. The number of nitrogens with one attached hydrogen (secondary N) is 1. The van der Waals surface area contributed by atoms with Gasteiger partial charge in [-0.2, -0.15) is 0 Å². The van der Waals surface area contributed by atoms with Crippen LogP contribution in [0.1, 0.15) is 22.3 Å². The Kier molecular flexibility index (Phi) is 9.36. The van der Waals surface area contributed by atoms with Gasteiger partial charge in [-0.3, -0.25) is 4.99 Å². The number of nitrogens with zero attached hydrogens (tertiary/aromatic N) is 1. The van der Waals surface area contributed by atoms with E-state index in [-0.39, 0.29) is 6.61 Å². The fourth-order valence-electron chi connectivity index (χ4n) is 3.64. The van der Waals surface area contributed by atoms with Gasteiger partial charge < -0.3 is 30.5 Å². The molecule has 0 radical (unpaired) electrons. The van der Waals surface area contributed by atoms with E-state index in [9.17, 15) is 9.90 Å². The molecule has 0 fully saturated rings. The molecular formula is C28H29N3O4. The zero-order valence-corrected chi connectivity index (χ0v) is 19.5. The van der Waals surface area contributed by atoms with Gasteiger partial charge in [-0.25, -0.2) is 0 Å². The molecule has 0 aliphatic rings. The van der Waals surface area contributed by atoms with Gasteiger partial charge in [0, 0.05) is 53.7 Å². The number of hydrogen-bond donors (Lipinski definition) is 4. The number of aliphatic imine (C=N–C) groups is 1. The zero-order valence-electron chi connectivity index (χ0n) is 19.5. The highest BCUT2D eigenvalue weighted by Crippen LogP contribution is 2.32. The van der Waals surface area contributed by atoms with Crippen LogP contribution in [0.4, 0.5) is 0 Å². The Hall–Kier alpha value is -4.20. The van der Waals surface area contributed by atoms with E-state index in [0.717, 1.165) is 46.6 Å². The molecule has 7 nitrogen and oxygen atoms in total. The molecule has 180 valence electrons. The minimum Gasteiger partial charge on any atom is -0.457 e. The lowest BCUT2D eigenvalue weighted by Gasteiger charge is -2.12. The second-order valence-electron chi connectivity index (χ2n) is 7.57. The number of aliphatic hydroxyl groups excluding tert-OH is 2. The highest BCUT2D eigenvalue weighted by Gasteiger charge is 2.10. The van der Waals surface area contributed by atoms with Gasteiger partial charge in [-0.15, -0.1) is 0 Å². The predicted octanol–water partition coefficient (Wildman–Crippen LogP) is 4.37. The number of aromatic nitrogens is 1. The zero-order chi connectivity index (χ0) is 25.0. The van der Waals surface area contributed by atoms with Crippen LogP contribution >= 0.6 is 0 Å². The molecule has 4 aromatic rings. The molecular weight excluding hydrogens is 442 g/mol. The van der Waals surface area contributed by atoms with Crippen molar-refractivity contribution >= 4 is 29.1 Å². The largest absolute Gasteiger partial charge is 0.457 e. The van der Waals surface area contributed by atoms with Gasteiger partial charge >= 0.3 is 0 Å². The molecule has 7 heteroatoms. The summed E-state index contributed by atoms with van der Waals surface area (Å²) in [5, 5.41) is 17.8. The monoisotopic (exact) mass is 471 g/mol. The fraction of sp³-hybridized carbons (Fsp3) is 0.143. The van der Waals surface area contributed by atoms with Crippen LogP contribution < -0.4 is 10.5 Å². The number of H-pyrrole nitrogens is 1. The Morgan fingerprint density at radius 2 is 1.86 bits per heavy atom. The molecule has 0 saturated carbocycles. The summed E-state index contributed by atoms with van der Waals surface area (Å²) >= 11 is 0. The first kappa shape index (κ1) is 25.4. The van der Waals surface area contributed by atoms with Crippen molar-refractivity contribution in [1.29, 1.82) is 0 Å². The van der Waals surface area contributed by atoms with Crippen molar-refractivity contribution in [2.45, 2.75) is 19.6 Å². The number of aliphatic hydroxyl groups is 2. The first-order valence-electron chi connectivity index (χ1n) is 11.1. The predicted molar refractivity (Wildman–Crippen MR) is 139 cm³/mol. The van der Waals surface area contributed by atoms with Crippen molar-refractivity contribution in [3.63, 3.8) is 0 Å². The molecule has 35 heavy (non-hydrogen) atoms. The molecule has 0 spiro atoms. The van der Waals surface area contributed by atoms with E-state index in [1.165, 1.54) is 0 Å². The quantitative estimate of drug-likeness (QED) is 0.213. The van der Waals surface area contributed by atoms with Crippen LogP contribution in [0.25, 0.3) is 16.6 Å². The van der Waals surface area contributed by atoms with Crippen LogP contribution in [-0.4, -0.2) is 34.8 Å². The lowest BCUT2D eigenvalue weighted by molar-refractivity contribution is -0.107. The topological polar surface area (TPSA) is 121 Å². The molecule has 4 rings (SSSR count). The van der Waals surface area contributed by atoms with Crippen LogP contribution in [0, 0.1) is 0 Å². The molecule has 0 saturated heterocycles. The summed E-state index contributed by atoms with van der Waals surface area (Å²) in [5.41, 5.74) is 11.3. The maximum absolute atomic E-state index is 10.7. The Morgan fingerprint density at radius 1 is 1.06 bits per heavy atom. The molecule has 0 aliphatic heterocycles. The van der Waals surface area contributed by atoms with Gasteiger partial charge in [0.1, 0.15) is 17.8 Å². The number of nitrogens with two attached hydrogens (primary N) is 1. The van der Waals surface area contributed by atoms with Gasteiger partial charge in [0.05, 0.1) is 13.2 Å². The molecule has 0 atom stereocenters. The molecule has 0 bridgehead atoms. The third-order valence-electron chi connectivity index (χ3n) is 5.30. The fourth-order valence-corrected chi connectivity index (χ4v) is 3.64. The number of carbonyl (C=O) groups excluding carboxylic acids is 1. The van der Waals surface area contributed by atoms with E-state index >= 15 is 0 Å². The van der Waals surface area contributed by atoms with E-state index in [1.54, 1.807) is 12.3 Å². The SMILES string of the molecule is CO.N/C(=C\C=NCc1cccc(CC=O)c1)c1cccc(Oc2ccc3[nH]ccc3c2CO)c1. The van der Waals surface area contributed by atoms with Gasteiger partial charge in [0.2, 0.25) is 0 Å². The van der Waals surface area contributed by atoms with E-state index in [2.05, 4.69) is 9.98 Å². The summed E-state index contributed by atoms with van der Waals surface area (Å²) < 4.78 is 6.07. The van der Waals surface area contributed by atoms with Crippen molar-refractivity contribution in [2.75, 3.05) is 7.11 Å². The van der Waals surface area contributed by atoms with Gasteiger partial charge in [-0.1, -0.05) is 36.4 Å². The number of aldehydes is 1. The van der Waals surface area contributed by atoms with E-state index in [1.807, 2.05) is 72.9 Å². The second kappa shape index (κ2) is 12.9. The summed E-state index contributed by atoms with van der Waals surface area (Å²) in [6.07, 6.45) is 6.57. The average molecular weight is 472 g/mol. The highest BCUT2D eigenvalue weighted by atomic mass is 16.5. The first-order chi connectivity index (χ1) is 17.2. The van der Waals surface area contributed by atoms with Crippen molar-refractivity contribution in [2.24, 2.45) is 10.7 Å².